The summed E-state index contributed by atoms with van der Waals surface area (Å²) in [4.78, 5) is 4.65. The second-order valence-corrected chi connectivity index (χ2v) is 5.71. The fraction of sp³-hybridized carbons (Fsp3) is 0.706. The van der Waals surface area contributed by atoms with Crippen molar-refractivity contribution in [2.45, 2.75) is 38.2 Å². The maximum atomic E-state index is 5.63. The summed E-state index contributed by atoms with van der Waals surface area (Å²) >= 11 is 0. The number of furan rings is 1. The molecule has 1 fully saturated rings. The first-order chi connectivity index (χ1) is 11.4. The summed E-state index contributed by atoms with van der Waals surface area (Å²) in [5, 5.41) is 6.74. The normalized spacial score (nSPS) is 17.5. The Morgan fingerprint density at radius 1 is 1.33 bits per heavy atom. The third-order valence-corrected chi connectivity index (χ3v) is 3.79. The lowest BCUT2D eigenvalue weighted by atomic mass is 10.2. The Morgan fingerprint density at radius 2 is 2.21 bits per heavy atom. The van der Waals surface area contributed by atoms with E-state index in [0.29, 0.717) is 6.54 Å². The maximum Gasteiger partial charge on any atom is 0.191 e. The predicted molar refractivity (Wildman–Crippen MR) is 106 cm³/mol. The number of hydrogen-bond acceptors (Lipinski definition) is 4. The molecule has 1 aromatic heterocycles. The molecule has 2 N–H and O–H groups in total. The zero-order valence-electron chi connectivity index (χ0n) is 14.5. The summed E-state index contributed by atoms with van der Waals surface area (Å²) < 4.78 is 16.0. The lowest BCUT2D eigenvalue weighted by Crippen LogP contribution is -2.39. The smallest absolute Gasteiger partial charge is 0.191 e. The van der Waals surface area contributed by atoms with E-state index in [0.717, 1.165) is 70.1 Å². The van der Waals surface area contributed by atoms with Gasteiger partial charge in [0.15, 0.2) is 5.96 Å². The van der Waals surface area contributed by atoms with E-state index < -0.39 is 0 Å². The molecule has 1 aliphatic heterocycles. The number of hydrogen-bond donors (Lipinski definition) is 2. The number of unbranched alkanes of at least 4 members (excludes halogenated alkanes) is 1. The minimum Gasteiger partial charge on any atom is -0.469 e. The molecule has 6 nitrogen and oxygen atoms in total. The van der Waals surface area contributed by atoms with Gasteiger partial charge in [0, 0.05) is 39.8 Å². The lowest BCUT2D eigenvalue weighted by Gasteiger charge is -2.13. The van der Waals surface area contributed by atoms with E-state index in [1.54, 1.807) is 13.4 Å². The average molecular weight is 451 g/mol. The molecule has 0 spiro atoms. The van der Waals surface area contributed by atoms with Gasteiger partial charge in [0.2, 0.25) is 0 Å². The van der Waals surface area contributed by atoms with Crippen LogP contribution in [-0.4, -0.2) is 52.0 Å². The fourth-order valence-corrected chi connectivity index (χ4v) is 2.49. The number of nitrogens with zero attached hydrogens (tertiary/aromatic N) is 1. The molecule has 1 aliphatic rings. The van der Waals surface area contributed by atoms with Crippen molar-refractivity contribution in [3.63, 3.8) is 0 Å². The van der Waals surface area contributed by atoms with E-state index in [9.17, 15) is 0 Å². The first-order valence-corrected chi connectivity index (χ1v) is 8.53. The van der Waals surface area contributed by atoms with E-state index in [1.165, 1.54) is 0 Å². The van der Waals surface area contributed by atoms with Crippen LogP contribution in [0.5, 0.6) is 0 Å². The van der Waals surface area contributed by atoms with Gasteiger partial charge in [0.25, 0.3) is 0 Å². The molecular weight excluding hydrogens is 421 g/mol. The monoisotopic (exact) mass is 451 g/mol. The van der Waals surface area contributed by atoms with Crippen LogP contribution in [0.25, 0.3) is 0 Å². The Balaban J connectivity index is 0.00000288. The van der Waals surface area contributed by atoms with Gasteiger partial charge in [-0.3, -0.25) is 4.99 Å². The molecule has 0 amide bonds. The number of methoxy groups -OCH3 is 1. The molecule has 0 bridgehead atoms. The van der Waals surface area contributed by atoms with Crippen LogP contribution in [0.3, 0.4) is 0 Å². The summed E-state index contributed by atoms with van der Waals surface area (Å²) in [6.45, 7) is 4.07. The van der Waals surface area contributed by atoms with E-state index >= 15 is 0 Å². The second-order valence-electron chi connectivity index (χ2n) is 5.71. The van der Waals surface area contributed by atoms with Crippen molar-refractivity contribution in [2.24, 2.45) is 4.99 Å². The largest absolute Gasteiger partial charge is 0.469 e. The van der Waals surface area contributed by atoms with E-state index in [4.69, 9.17) is 13.9 Å². The molecule has 1 atom stereocenters. The number of aliphatic imine (C=N–C) groups is 1. The van der Waals surface area contributed by atoms with Crippen LogP contribution in [0.1, 0.15) is 31.4 Å². The molecule has 1 saturated heterocycles. The van der Waals surface area contributed by atoms with Gasteiger partial charge in [-0.05, 0) is 37.8 Å². The third kappa shape index (κ3) is 8.89. The van der Waals surface area contributed by atoms with Gasteiger partial charge in [0.05, 0.1) is 18.9 Å². The van der Waals surface area contributed by atoms with E-state index in [1.807, 2.05) is 12.1 Å². The Kier molecular flexibility index (Phi) is 11.9. The standard InChI is InChI=1S/C17H29N3O3.HI/c1-21-11-3-2-9-18-17(20-14-16-7-5-13-23-16)19-10-8-15-6-4-12-22-15;/h4,6,12,16H,2-3,5,7-11,13-14H2,1H3,(H2,18,19,20);1H. The minimum atomic E-state index is 0. The highest BCUT2D eigenvalue weighted by Crippen LogP contribution is 2.11. The highest BCUT2D eigenvalue weighted by Gasteiger charge is 2.14. The molecule has 2 rings (SSSR count). The van der Waals surface area contributed by atoms with Crippen LogP contribution >= 0.6 is 24.0 Å². The SMILES string of the molecule is COCCCCNC(=NCC1CCCO1)NCCc1ccco1.I. The lowest BCUT2D eigenvalue weighted by molar-refractivity contribution is 0.117. The van der Waals surface area contributed by atoms with Gasteiger partial charge in [-0.1, -0.05) is 0 Å². The number of rotatable bonds is 10. The van der Waals surface area contributed by atoms with Crippen LogP contribution in [0, 0.1) is 0 Å². The van der Waals surface area contributed by atoms with Crippen molar-refractivity contribution in [3.8, 4) is 0 Å². The van der Waals surface area contributed by atoms with Gasteiger partial charge >= 0.3 is 0 Å². The highest BCUT2D eigenvalue weighted by molar-refractivity contribution is 14.0. The molecule has 0 radical (unpaired) electrons. The van der Waals surface area contributed by atoms with Crippen LogP contribution in [-0.2, 0) is 15.9 Å². The molecular formula is C17H30IN3O3. The maximum absolute atomic E-state index is 5.63. The Labute approximate surface area is 161 Å². The van der Waals surface area contributed by atoms with Crippen LogP contribution < -0.4 is 10.6 Å². The molecule has 0 aromatic carbocycles. The van der Waals surface area contributed by atoms with Crippen molar-refractivity contribution >= 4 is 29.9 Å². The predicted octanol–water partition coefficient (Wildman–Crippen LogP) is 2.58. The third-order valence-electron chi connectivity index (χ3n) is 3.79. The number of guanidine groups is 1. The molecule has 7 heteroatoms. The molecule has 24 heavy (non-hydrogen) atoms. The molecule has 1 aromatic rings. The van der Waals surface area contributed by atoms with Crippen molar-refractivity contribution in [2.75, 3.05) is 40.0 Å². The fourth-order valence-electron chi connectivity index (χ4n) is 2.49. The van der Waals surface area contributed by atoms with Gasteiger partial charge < -0.3 is 24.5 Å². The highest BCUT2D eigenvalue weighted by atomic mass is 127. The zero-order valence-corrected chi connectivity index (χ0v) is 16.8. The van der Waals surface area contributed by atoms with Crippen LogP contribution in [0.2, 0.25) is 0 Å². The van der Waals surface area contributed by atoms with Crippen molar-refractivity contribution in [1.82, 2.24) is 10.6 Å². The van der Waals surface area contributed by atoms with Gasteiger partial charge in [-0.2, -0.15) is 0 Å². The van der Waals surface area contributed by atoms with Gasteiger partial charge in [-0.15, -0.1) is 24.0 Å². The zero-order chi connectivity index (χ0) is 16.2. The van der Waals surface area contributed by atoms with E-state index in [-0.39, 0.29) is 30.1 Å². The summed E-state index contributed by atoms with van der Waals surface area (Å²) in [7, 11) is 1.73. The second kappa shape index (κ2) is 13.5. The quantitative estimate of drug-likeness (QED) is 0.248. The molecule has 2 heterocycles. The van der Waals surface area contributed by atoms with Gasteiger partial charge in [-0.25, -0.2) is 0 Å². The van der Waals surface area contributed by atoms with Crippen molar-refractivity contribution in [3.05, 3.63) is 24.2 Å². The van der Waals surface area contributed by atoms with Crippen LogP contribution in [0.15, 0.2) is 27.8 Å². The molecule has 0 saturated carbocycles. The summed E-state index contributed by atoms with van der Waals surface area (Å²) in [6, 6.07) is 3.90. The van der Waals surface area contributed by atoms with Crippen molar-refractivity contribution < 1.29 is 13.9 Å². The van der Waals surface area contributed by atoms with Gasteiger partial charge in [0.1, 0.15) is 5.76 Å². The Hall–Kier alpha value is -0.800. The first kappa shape index (κ1) is 21.2. The number of halogens is 1. The first-order valence-electron chi connectivity index (χ1n) is 8.53. The number of nitrogens with one attached hydrogen (secondary N) is 2. The molecule has 138 valence electrons. The molecule has 0 aliphatic carbocycles. The van der Waals surface area contributed by atoms with E-state index in [2.05, 4.69) is 15.6 Å². The average Bonchev–Trinajstić information content (AvgIpc) is 3.25. The molecule has 1 unspecified atom stereocenters. The minimum absolute atomic E-state index is 0. The topological polar surface area (TPSA) is 68.0 Å². The Morgan fingerprint density at radius 3 is 2.92 bits per heavy atom. The summed E-state index contributed by atoms with van der Waals surface area (Å²) in [6.07, 6.45) is 7.18. The number of ether oxygens (including phenoxy) is 2. The summed E-state index contributed by atoms with van der Waals surface area (Å²) in [5.41, 5.74) is 0. The summed E-state index contributed by atoms with van der Waals surface area (Å²) in [5.74, 6) is 1.83. The Bertz CT molecular complexity index is 434. The van der Waals surface area contributed by atoms with Crippen LogP contribution in [0.4, 0.5) is 0 Å². The van der Waals surface area contributed by atoms with Crippen molar-refractivity contribution in [1.29, 1.82) is 0 Å².